The Kier molecular flexibility index (Phi) is 5.43. The summed E-state index contributed by atoms with van der Waals surface area (Å²) < 4.78 is 33.6. The first-order chi connectivity index (χ1) is 14.5. The standard InChI is InChI=1S/C21H17ClN4O3S/c1-29-19-12-11-14(22)13-18(19)25-20-21(24-17-10-6-5-9-16(17)23-20)26-30(27,28)15-7-3-2-4-8-15/h2-13H,1H3,(H,23,25)(H,24,26). The molecule has 0 atom stereocenters. The van der Waals surface area contributed by atoms with Crippen molar-refractivity contribution in [3.05, 3.63) is 77.8 Å². The Morgan fingerprint density at radius 2 is 1.50 bits per heavy atom. The van der Waals surface area contributed by atoms with Gasteiger partial charge >= 0.3 is 0 Å². The molecule has 0 spiro atoms. The summed E-state index contributed by atoms with van der Waals surface area (Å²) >= 11 is 6.12. The molecule has 152 valence electrons. The molecule has 0 aliphatic rings. The lowest BCUT2D eigenvalue weighted by atomic mass is 10.2. The lowest BCUT2D eigenvalue weighted by Gasteiger charge is -2.15. The van der Waals surface area contributed by atoms with Crippen LogP contribution in [0, 0.1) is 0 Å². The van der Waals surface area contributed by atoms with E-state index in [1.165, 1.54) is 19.2 Å². The lowest BCUT2D eigenvalue weighted by Crippen LogP contribution is -2.16. The summed E-state index contributed by atoms with van der Waals surface area (Å²) in [5, 5.41) is 3.57. The molecule has 2 N–H and O–H groups in total. The highest BCUT2D eigenvalue weighted by Gasteiger charge is 2.19. The van der Waals surface area contributed by atoms with Crippen LogP contribution in [0.5, 0.6) is 5.75 Å². The minimum atomic E-state index is -3.87. The highest BCUT2D eigenvalue weighted by Crippen LogP contribution is 2.33. The van der Waals surface area contributed by atoms with E-state index in [0.29, 0.717) is 27.5 Å². The maximum Gasteiger partial charge on any atom is 0.263 e. The molecular weight excluding hydrogens is 424 g/mol. The second-order valence-corrected chi connectivity index (χ2v) is 8.42. The number of benzene rings is 3. The van der Waals surface area contributed by atoms with Crippen molar-refractivity contribution in [1.82, 2.24) is 9.97 Å². The number of ether oxygens (including phenoxy) is 1. The number of aromatic nitrogens is 2. The maximum atomic E-state index is 12.9. The molecule has 3 aromatic carbocycles. The third-order valence-corrected chi connectivity index (χ3v) is 5.86. The zero-order chi connectivity index (χ0) is 21.1. The first kappa shape index (κ1) is 19.9. The molecule has 1 aromatic heterocycles. The molecule has 0 bridgehead atoms. The van der Waals surface area contributed by atoms with Crippen molar-refractivity contribution in [2.24, 2.45) is 0 Å². The van der Waals surface area contributed by atoms with Gasteiger partial charge in [0.2, 0.25) is 0 Å². The van der Waals surface area contributed by atoms with Gasteiger partial charge in [0.1, 0.15) is 5.75 Å². The predicted molar refractivity (Wildman–Crippen MR) is 118 cm³/mol. The van der Waals surface area contributed by atoms with Gasteiger partial charge in [0, 0.05) is 5.02 Å². The molecule has 30 heavy (non-hydrogen) atoms. The van der Waals surface area contributed by atoms with E-state index < -0.39 is 10.0 Å². The molecule has 4 aromatic rings. The van der Waals surface area contributed by atoms with Crippen LogP contribution >= 0.6 is 11.6 Å². The molecule has 1 heterocycles. The van der Waals surface area contributed by atoms with E-state index in [1.807, 2.05) is 6.07 Å². The number of rotatable bonds is 6. The highest BCUT2D eigenvalue weighted by molar-refractivity contribution is 7.92. The van der Waals surface area contributed by atoms with E-state index >= 15 is 0 Å². The number of para-hydroxylation sites is 2. The third-order valence-electron chi connectivity index (χ3n) is 4.27. The van der Waals surface area contributed by atoms with Gasteiger partial charge in [-0.05, 0) is 42.5 Å². The van der Waals surface area contributed by atoms with Crippen LogP contribution < -0.4 is 14.8 Å². The number of hydrogen-bond donors (Lipinski definition) is 2. The number of nitrogens with one attached hydrogen (secondary N) is 2. The Morgan fingerprint density at radius 3 is 2.17 bits per heavy atom. The second kappa shape index (κ2) is 8.17. The smallest absolute Gasteiger partial charge is 0.263 e. The zero-order valence-electron chi connectivity index (χ0n) is 15.8. The second-order valence-electron chi connectivity index (χ2n) is 6.30. The molecule has 0 saturated carbocycles. The van der Waals surface area contributed by atoms with Crippen LogP contribution in [-0.4, -0.2) is 25.5 Å². The van der Waals surface area contributed by atoms with Crippen molar-refractivity contribution in [3.63, 3.8) is 0 Å². The molecular formula is C21H17ClN4O3S. The van der Waals surface area contributed by atoms with E-state index in [9.17, 15) is 8.42 Å². The summed E-state index contributed by atoms with van der Waals surface area (Å²) in [6.07, 6.45) is 0. The zero-order valence-corrected chi connectivity index (χ0v) is 17.4. The summed E-state index contributed by atoms with van der Waals surface area (Å²) in [5.74, 6) is 0.791. The van der Waals surface area contributed by atoms with E-state index in [2.05, 4.69) is 20.0 Å². The molecule has 7 nitrogen and oxygen atoms in total. The summed E-state index contributed by atoms with van der Waals surface area (Å²) in [7, 11) is -2.34. The Hall–Kier alpha value is -3.36. The van der Waals surface area contributed by atoms with Gasteiger partial charge in [-0.25, -0.2) is 18.4 Å². The molecule has 0 amide bonds. The van der Waals surface area contributed by atoms with Crippen LogP contribution in [0.15, 0.2) is 77.7 Å². The average molecular weight is 441 g/mol. The van der Waals surface area contributed by atoms with Gasteiger partial charge in [0.25, 0.3) is 10.0 Å². The highest BCUT2D eigenvalue weighted by atomic mass is 35.5. The maximum absolute atomic E-state index is 12.9. The third kappa shape index (κ3) is 4.14. The SMILES string of the molecule is COc1ccc(Cl)cc1Nc1nc2ccccc2nc1NS(=O)(=O)c1ccccc1. The van der Waals surface area contributed by atoms with Gasteiger partial charge in [0.05, 0.1) is 28.7 Å². The van der Waals surface area contributed by atoms with E-state index in [0.717, 1.165) is 0 Å². The van der Waals surface area contributed by atoms with Gasteiger partial charge in [0.15, 0.2) is 11.6 Å². The lowest BCUT2D eigenvalue weighted by molar-refractivity contribution is 0.417. The Balaban J connectivity index is 1.82. The number of halogens is 1. The topological polar surface area (TPSA) is 93.2 Å². The van der Waals surface area contributed by atoms with Crippen LogP contribution in [-0.2, 0) is 10.0 Å². The van der Waals surface area contributed by atoms with Crippen LogP contribution in [0.2, 0.25) is 5.02 Å². The minimum absolute atomic E-state index is 0.0552. The van der Waals surface area contributed by atoms with Crippen molar-refractivity contribution in [3.8, 4) is 5.75 Å². The van der Waals surface area contributed by atoms with Crippen LogP contribution in [0.4, 0.5) is 17.3 Å². The Bertz CT molecular complexity index is 1310. The molecule has 0 unspecified atom stereocenters. The normalized spacial score (nSPS) is 11.3. The molecule has 0 aliphatic carbocycles. The number of fused-ring (bicyclic) bond motifs is 1. The fourth-order valence-corrected chi connectivity index (χ4v) is 4.05. The van der Waals surface area contributed by atoms with Crippen LogP contribution in [0.25, 0.3) is 11.0 Å². The summed E-state index contributed by atoms with van der Waals surface area (Å²) in [6.45, 7) is 0. The largest absolute Gasteiger partial charge is 0.495 e. The number of sulfonamides is 1. The quantitative estimate of drug-likeness (QED) is 0.445. The minimum Gasteiger partial charge on any atom is -0.495 e. The number of methoxy groups -OCH3 is 1. The molecule has 4 rings (SSSR count). The number of hydrogen-bond acceptors (Lipinski definition) is 6. The first-order valence-electron chi connectivity index (χ1n) is 8.91. The van der Waals surface area contributed by atoms with E-state index in [4.69, 9.17) is 16.3 Å². The first-order valence-corrected chi connectivity index (χ1v) is 10.8. The summed E-state index contributed by atoms with van der Waals surface area (Å²) in [5.41, 5.74) is 1.67. The van der Waals surface area contributed by atoms with Gasteiger partial charge in [-0.2, -0.15) is 0 Å². The van der Waals surface area contributed by atoms with Gasteiger partial charge < -0.3 is 10.1 Å². The van der Waals surface area contributed by atoms with E-state index in [1.54, 1.807) is 54.6 Å². The van der Waals surface area contributed by atoms with Crippen LogP contribution in [0.1, 0.15) is 0 Å². The molecule has 0 fully saturated rings. The molecule has 0 radical (unpaired) electrons. The average Bonchev–Trinajstić information content (AvgIpc) is 2.75. The van der Waals surface area contributed by atoms with Crippen molar-refractivity contribution in [1.29, 1.82) is 0 Å². The monoisotopic (exact) mass is 440 g/mol. The Labute approximate surface area is 178 Å². The fraction of sp³-hybridized carbons (Fsp3) is 0.0476. The van der Waals surface area contributed by atoms with Crippen molar-refractivity contribution in [2.75, 3.05) is 17.1 Å². The molecule has 9 heteroatoms. The van der Waals surface area contributed by atoms with Gasteiger partial charge in [-0.1, -0.05) is 41.9 Å². The van der Waals surface area contributed by atoms with Crippen molar-refractivity contribution >= 4 is 50.0 Å². The summed E-state index contributed by atoms with van der Waals surface area (Å²) in [4.78, 5) is 9.14. The van der Waals surface area contributed by atoms with Crippen molar-refractivity contribution < 1.29 is 13.2 Å². The van der Waals surface area contributed by atoms with Gasteiger partial charge in [-0.15, -0.1) is 0 Å². The van der Waals surface area contributed by atoms with Crippen molar-refractivity contribution in [2.45, 2.75) is 4.90 Å². The van der Waals surface area contributed by atoms with Crippen LogP contribution in [0.3, 0.4) is 0 Å². The predicted octanol–water partition coefficient (Wildman–Crippen LogP) is 4.84. The van der Waals surface area contributed by atoms with Gasteiger partial charge in [-0.3, -0.25) is 4.72 Å². The van der Waals surface area contributed by atoms with E-state index in [-0.39, 0.29) is 16.5 Å². The number of nitrogens with zero attached hydrogens (tertiary/aromatic N) is 2. The Morgan fingerprint density at radius 1 is 0.867 bits per heavy atom. The summed E-state index contributed by atoms with van der Waals surface area (Å²) in [6, 6.07) is 20.3. The molecule has 0 aliphatic heterocycles. The number of anilines is 3. The molecule has 0 saturated heterocycles. The fourth-order valence-electron chi connectivity index (χ4n) is 2.85.